The minimum absolute atomic E-state index is 0.0422. The van der Waals surface area contributed by atoms with E-state index in [9.17, 15) is 4.79 Å². The van der Waals surface area contributed by atoms with Crippen molar-refractivity contribution in [2.24, 2.45) is 0 Å². The summed E-state index contributed by atoms with van der Waals surface area (Å²) in [6, 6.07) is 14.4. The van der Waals surface area contributed by atoms with Gasteiger partial charge in [0.05, 0.1) is 0 Å². The molecule has 3 rings (SSSR count). The molecule has 0 spiro atoms. The van der Waals surface area contributed by atoms with E-state index < -0.39 is 0 Å². The Balaban J connectivity index is 1.77. The van der Waals surface area contributed by atoms with Gasteiger partial charge in [-0.3, -0.25) is 4.79 Å². The fourth-order valence-corrected chi connectivity index (χ4v) is 3.46. The van der Waals surface area contributed by atoms with Crippen LogP contribution in [0.2, 0.25) is 0 Å². The summed E-state index contributed by atoms with van der Waals surface area (Å²) in [5.74, 6) is 0.0422. The summed E-state index contributed by atoms with van der Waals surface area (Å²) in [4.78, 5) is 17.2. The van der Waals surface area contributed by atoms with Crippen molar-refractivity contribution in [3.63, 3.8) is 0 Å². The molecule has 0 fully saturated rings. The van der Waals surface area contributed by atoms with Crippen LogP contribution >= 0.6 is 0 Å². The van der Waals surface area contributed by atoms with Crippen LogP contribution in [0.25, 0.3) is 0 Å². The number of aryl methyl sites for hydroxylation is 1. The topological polar surface area (TPSA) is 35.6 Å². The summed E-state index contributed by atoms with van der Waals surface area (Å²) >= 11 is 0. The number of carbonyl (C=O) groups is 1. The number of amides is 1. The van der Waals surface area contributed by atoms with Gasteiger partial charge < -0.3 is 15.1 Å². The average Bonchev–Trinajstić information content (AvgIpc) is 3.00. The van der Waals surface area contributed by atoms with Gasteiger partial charge in [-0.2, -0.15) is 0 Å². The normalized spacial score (nSPS) is 14.5. The summed E-state index contributed by atoms with van der Waals surface area (Å²) in [6.07, 6.45) is 1.00. The van der Waals surface area contributed by atoms with Gasteiger partial charge in [-0.1, -0.05) is 35.9 Å². The number of benzene rings is 2. The maximum absolute atomic E-state index is 12.9. The molecule has 2 aromatic rings. The van der Waals surface area contributed by atoms with Gasteiger partial charge in [-0.25, -0.2) is 0 Å². The number of nitrogens with one attached hydrogen (secondary N) is 1. The Bertz CT molecular complexity index is 769. The number of anilines is 2. The Morgan fingerprint density at radius 2 is 2.00 bits per heavy atom. The molecule has 1 unspecified atom stereocenters. The molecule has 1 aliphatic rings. The molecular weight excluding hydrogens is 310 g/mol. The van der Waals surface area contributed by atoms with Crippen molar-refractivity contribution in [2.75, 3.05) is 30.9 Å². The Morgan fingerprint density at radius 1 is 1.24 bits per heavy atom. The SMILES string of the molecule is Cc1ccc(NC(=O)C(C)N2CCc3ccccc32)c(CN(C)C)c1. The lowest BCUT2D eigenvalue weighted by Gasteiger charge is -2.27. The molecule has 0 radical (unpaired) electrons. The molecule has 2 aromatic carbocycles. The van der Waals surface area contributed by atoms with Crippen LogP contribution in [0.4, 0.5) is 11.4 Å². The van der Waals surface area contributed by atoms with Gasteiger partial charge in [0.2, 0.25) is 5.91 Å². The molecule has 132 valence electrons. The smallest absolute Gasteiger partial charge is 0.246 e. The van der Waals surface area contributed by atoms with E-state index in [1.165, 1.54) is 16.8 Å². The molecule has 0 aromatic heterocycles. The predicted molar refractivity (Wildman–Crippen MR) is 104 cm³/mol. The fourth-order valence-electron chi connectivity index (χ4n) is 3.46. The van der Waals surface area contributed by atoms with Crippen LogP contribution in [0.3, 0.4) is 0 Å². The van der Waals surface area contributed by atoms with Crippen molar-refractivity contribution < 1.29 is 4.79 Å². The molecule has 1 amide bonds. The highest BCUT2D eigenvalue weighted by Gasteiger charge is 2.27. The van der Waals surface area contributed by atoms with Gasteiger partial charge >= 0.3 is 0 Å². The molecule has 0 saturated heterocycles. The fraction of sp³-hybridized carbons (Fsp3) is 0.381. The van der Waals surface area contributed by atoms with Gasteiger partial charge in [0.25, 0.3) is 0 Å². The summed E-state index contributed by atoms with van der Waals surface area (Å²) in [6.45, 7) is 5.76. The maximum Gasteiger partial charge on any atom is 0.246 e. The zero-order chi connectivity index (χ0) is 18.0. The molecule has 4 nitrogen and oxygen atoms in total. The van der Waals surface area contributed by atoms with Crippen molar-refractivity contribution in [1.29, 1.82) is 0 Å². The molecule has 1 atom stereocenters. The maximum atomic E-state index is 12.9. The Kier molecular flexibility index (Phi) is 5.09. The lowest BCUT2D eigenvalue weighted by atomic mass is 10.1. The van der Waals surface area contributed by atoms with E-state index in [1.807, 2.05) is 39.2 Å². The zero-order valence-electron chi connectivity index (χ0n) is 15.5. The molecule has 1 N–H and O–H groups in total. The van der Waals surface area contributed by atoms with E-state index in [4.69, 9.17) is 0 Å². The van der Waals surface area contributed by atoms with Crippen molar-refractivity contribution in [2.45, 2.75) is 32.9 Å². The summed E-state index contributed by atoms with van der Waals surface area (Å²) in [5, 5.41) is 3.14. The Hall–Kier alpha value is -2.33. The number of rotatable bonds is 5. The first-order valence-corrected chi connectivity index (χ1v) is 8.85. The van der Waals surface area contributed by atoms with Crippen LogP contribution < -0.4 is 10.2 Å². The number of fused-ring (bicyclic) bond motifs is 1. The van der Waals surface area contributed by atoms with Crippen molar-refractivity contribution in [3.8, 4) is 0 Å². The van der Waals surface area contributed by atoms with Crippen LogP contribution in [0.1, 0.15) is 23.6 Å². The average molecular weight is 337 g/mol. The molecule has 4 heteroatoms. The third-order valence-electron chi connectivity index (χ3n) is 4.78. The van der Waals surface area contributed by atoms with Crippen LogP contribution in [0.5, 0.6) is 0 Å². The summed E-state index contributed by atoms with van der Waals surface area (Å²) in [7, 11) is 4.08. The third-order valence-corrected chi connectivity index (χ3v) is 4.78. The van der Waals surface area contributed by atoms with Gasteiger partial charge in [0.1, 0.15) is 6.04 Å². The van der Waals surface area contributed by atoms with E-state index in [-0.39, 0.29) is 11.9 Å². The highest BCUT2D eigenvalue weighted by molar-refractivity contribution is 5.97. The quantitative estimate of drug-likeness (QED) is 0.908. The second kappa shape index (κ2) is 7.28. The van der Waals surface area contributed by atoms with E-state index in [2.05, 4.69) is 46.3 Å². The standard InChI is InChI=1S/C21H27N3O/c1-15-9-10-19(18(13-15)14-23(3)4)22-21(25)16(2)24-12-11-17-7-5-6-8-20(17)24/h5-10,13,16H,11-12,14H2,1-4H3,(H,22,25). The first-order chi connectivity index (χ1) is 12.0. The number of para-hydroxylation sites is 1. The molecular formula is C21H27N3O. The number of hydrogen-bond donors (Lipinski definition) is 1. The Labute approximate surface area is 150 Å². The number of hydrogen-bond acceptors (Lipinski definition) is 3. The van der Waals surface area contributed by atoms with Crippen molar-refractivity contribution >= 4 is 17.3 Å². The molecule has 0 bridgehead atoms. The molecule has 1 heterocycles. The predicted octanol–water partition coefficient (Wildman–Crippen LogP) is 3.45. The first-order valence-electron chi connectivity index (χ1n) is 8.85. The highest BCUT2D eigenvalue weighted by Crippen LogP contribution is 2.29. The van der Waals surface area contributed by atoms with E-state index in [0.717, 1.165) is 30.8 Å². The number of nitrogens with zero attached hydrogens (tertiary/aromatic N) is 2. The van der Waals surface area contributed by atoms with Gasteiger partial charge in [0, 0.05) is 24.5 Å². The monoisotopic (exact) mass is 337 g/mol. The van der Waals surface area contributed by atoms with E-state index in [1.54, 1.807) is 0 Å². The lowest BCUT2D eigenvalue weighted by molar-refractivity contribution is -0.117. The zero-order valence-corrected chi connectivity index (χ0v) is 15.5. The minimum Gasteiger partial charge on any atom is -0.359 e. The van der Waals surface area contributed by atoms with Gasteiger partial charge in [-0.05, 0) is 57.6 Å². The summed E-state index contributed by atoms with van der Waals surface area (Å²) in [5.41, 5.74) is 5.76. The molecule has 25 heavy (non-hydrogen) atoms. The van der Waals surface area contributed by atoms with Crippen LogP contribution in [0.15, 0.2) is 42.5 Å². The van der Waals surface area contributed by atoms with Crippen LogP contribution in [0, 0.1) is 6.92 Å². The minimum atomic E-state index is -0.197. The van der Waals surface area contributed by atoms with Crippen LogP contribution in [-0.4, -0.2) is 37.5 Å². The third kappa shape index (κ3) is 3.85. The van der Waals surface area contributed by atoms with Crippen molar-refractivity contribution in [1.82, 2.24) is 4.90 Å². The van der Waals surface area contributed by atoms with Gasteiger partial charge in [0.15, 0.2) is 0 Å². The molecule has 0 aliphatic carbocycles. The largest absolute Gasteiger partial charge is 0.359 e. The highest BCUT2D eigenvalue weighted by atomic mass is 16.2. The second-order valence-electron chi connectivity index (χ2n) is 7.14. The lowest BCUT2D eigenvalue weighted by Crippen LogP contribution is -2.41. The van der Waals surface area contributed by atoms with E-state index in [0.29, 0.717) is 0 Å². The number of carbonyl (C=O) groups excluding carboxylic acids is 1. The van der Waals surface area contributed by atoms with Crippen LogP contribution in [-0.2, 0) is 17.8 Å². The van der Waals surface area contributed by atoms with Gasteiger partial charge in [-0.15, -0.1) is 0 Å². The molecule has 1 aliphatic heterocycles. The first kappa shape index (κ1) is 17.5. The Morgan fingerprint density at radius 3 is 2.76 bits per heavy atom. The molecule has 0 saturated carbocycles. The van der Waals surface area contributed by atoms with E-state index >= 15 is 0 Å². The van der Waals surface area contributed by atoms with Crippen molar-refractivity contribution in [3.05, 3.63) is 59.2 Å². The summed E-state index contributed by atoms with van der Waals surface area (Å²) < 4.78 is 0. The second-order valence-corrected chi connectivity index (χ2v) is 7.14.